The van der Waals surface area contributed by atoms with Crippen molar-refractivity contribution >= 4 is 45.1 Å². The van der Waals surface area contributed by atoms with Gasteiger partial charge in [0.05, 0.1) is 14.2 Å². The molecule has 4 aromatic carbocycles. The van der Waals surface area contributed by atoms with Crippen LogP contribution in [0.1, 0.15) is 22.3 Å². The lowest BCUT2D eigenvalue weighted by molar-refractivity contribution is 0.416. The number of rotatable bonds is 2. The van der Waals surface area contributed by atoms with Crippen LogP contribution < -0.4 is 9.47 Å². The van der Waals surface area contributed by atoms with Crippen molar-refractivity contribution in [3.63, 3.8) is 0 Å². The molecule has 0 saturated heterocycles. The van der Waals surface area contributed by atoms with Crippen LogP contribution >= 0.6 is 23.5 Å². The summed E-state index contributed by atoms with van der Waals surface area (Å²) in [5.41, 5.74) is 5.34. The highest BCUT2D eigenvalue weighted by atomic mass is 32.2. The molecular weight excluding hydrogens is 408 g/mol. The van der Waals surface area contributed by atoms with Crippen molar-refractivity contribution < 1.29 is 9.47 Å². The van der Waals surface area contributed by atoms with Crippen LogP contribution in [0.15, 0.2) is 60.7 Å². The lowest BCUT2D eigenvalue weighted by Crippen LogP contribution is -1.99. The van der Waals surface area contributed by atoms with Gasteiger partial charge in [-0.3, -0.25) is 0 Å². The van der Waals surface area contributed by atoms with Gasteiger partial charge in [-0.2, -0.15) is 23.5 Å². The van der Waals surface area contributed by atoms with Crippen molar-refractivity contribution in [2.24, 2.45) is 0 Å². The lowest BCUT2D eigenvalue weighted by Gasteiger charge is -2.19. The minimum absolute atomic E-state index is 0.932. The van der Waals surface area contributed by atoms with Gasteiger partial charge in [0.15, 0.2) is 0 Å². The lowest BCUT2D eigenvalue weighted by atomic mass is 10.0. The molecule has 0 fully saturated rings. The summed E-state index contributed by atoms with van der Waals surface area (Å²) in [7, 11) is 3.58. The van der Waals surface area contributed by atoms with Gasteiger partial charge in [0.2, 0.25) is 0 Å². The highest BCUT2D eigenvalue weighted by molar-refractivity contribution is 7.98. The van der Waals surface area contributed by atoms with Crippen molar-refractivity contribution in [2.45, 2.75) is 23.0 Å². The third-order valence-corrected chi connectivity index (χ3v) is 7.81. The van der Waals surface area contributed by atoms with E-state index >= 15 is 0 Å². The Morgan fingerprint density at radius 2 is 0.900 bits per heavy atom. The van der Waals surface area contributed by atoms with Gasteiger partial charge in [-0.15, -0.1) is 0 Å². The van der Waals surface area contributed by atoms with E-state index in [9.17, 15) is 0 Å². The molecular formula is C26H24O2S2. The number of thioether (sulfide) groups is 2. The Morgan fingerprint density at radius 3 is 1.30 bits per heavy atom. The molecule has 2 nitrogen and oxygen atoms in total. The first-order valence-corrected chi connectivity index (χ1v) is 12.4. The second-order valence-electron chi connectivity index (χ2n) is 7.53. The zero-order valence-corrected chi connectivity index (χ0v) is 18.9. The summed E-state index contributed by atoms with van der Waals surface area (Å²) in [5, 5.41) is 5.01. The topological polar surface area (TPSA) is 18.5 Å². The van der Waals surface area contributed by atoms with E-state index in [2.05, 4.69) is 60.7 Å². The molecule has 0 unspecified atom stereocenters. The molecule has 4 bridgehead atoms. The van der Waals surface area contributed by atoms with Crippen LogP contribution in [0.4, 0.5) is 0 Å². The number of methoxy groups -OCH3 is 2. The van der Waals surface area contributed by atoms with E-state index < -0.39 is 0 Å². The summed E-state index contributed by atoms with van der Waals surface area (Å²) in [6, 6.07) is 21.9. The largest absolute Gasteiger partial charge is 0.496 e. The molecule has 0 atom stereocenters. The van der Waals surface area contributed by atoms with Crippen LogP contribution in [0.2, 0.25) is 0 Å². The Kier molecular flexibility index (Phi) is 5.53. The van der Waals surface area contributed by atoms with Gasteiger partial charge >= 0.3 is 0 Å². The zero-order chi connectivity index (χ0) is 20.5. The monoisotopic (exact) mass is 432 g/mol. The first-order chi connectivity index (χ1) is 14.8. The summed E-state index contributed by atoms with van der Waals surface area (Å²) in [6.07, 6.45) is 0. The molecule has 0 radical (unpaired) electrons. The fourth-order valence-corrected chi connectivity index (χ4v) is 6.44. The SMILES string of the molecule is COc1c2cc(c3ccccc13)CSCc1cc(c3ccccc3c1OC)CSC2. The maximum absolute atomic E-state index is 5.87. The molecule has 1 aliphatic heterocycles. The molecule has 1 aliphatic rings. The fourth-order valence-electron chi connectivity index (χ4n) is 4.45. The normalized spacial score (nSPS) is 14.2. The molecule has 30 heavy (non-hydrogen) atoms. The van der Waals surface area contributed by atoms with Crippen LogP contribution in [-0.4, -0.2) is 14.2 Å². The Bertz CT molecular complexity index is 1140. The van der Waals surface area contributed by atoms with E-state index in [1.807, 2.05) is 23.5 Å². The van der Waals surface area contributed by atoms with Gasteiger partial charge in [0, 0.05) is 44.9 Å². The van der Waals surface area contributed by atoms with Gasteiger partial charge in [0.1, 0.15) is 11.5 Å². The third kappa shape index (κ3) is 3.42. The quantitative estimate of drug-likeness (QED) is 0.333. The second-order valence-corrected chi connectivity index (χ2v) is 9.50. The van der Waals surface area contributed by atoms with Crippen molar-refractivity contribution in [2.75, 3.05) is 14.2 Å². The van der Waals surface area contributed by atoms with Gasteiger partial charge < -0.3 is 9.47 Å². The number of hydrogen-bond acceptors (Lipinski definition) is 4. The first-order valence-electron chi connectivity index (χ1n) is 10.1. The molecule has 0 aliphatic carbocycles. The molecule has 5 rings (SSSR count). The molecule has 1 heterocycles. The van der Waals surface area contributed by atoms with Crippen LogP contribution in [0.25, 0.3) is 21.5 Å². The average molecular weight is 433 g/mol. The van der Waals surface area contributed by atoms with Crippen molar-refractivity contribution in [1.29, 1.82) is 0 Å². The zero-order valence-electron chi connectivity index (χ0n) is 17.2. The van der Waals surface area contributed by atoms with Crippen molar-refractivity contribution in [3.8, 4) is 11.5 Å². The fraction of sp³-hybridized carbons (Fsp3) is 0.231. The number of ether oxygens (including phenoxy) is 2. The first kappa shape index (κ1) is 19.7. The van der Waals surface area contributed by atoms with Crippen LogP contribution in [0.3, 0.4) is 0 Å². The molecule has 0 N–H and O–H groups in total. The number of benzene rings is 4. The van der Waals surface area contributed by atoms with Gasteiger partial charge in [0.25, 0.3) is 0 Å². The molecule has 0 spiro atoms. The Hall–Kier alpha value is -2.30. The van der Waals surface area contributed by atoms with E-state index in [4.69, 9.17) is 9.47 Å². The highest BCUT2D eigenvalue weighted by Crippen LogP contribution is 2.40. The van der Waals surface area contributed by atoms with Crippen LogP contribution in [0, 0.1) is 0 Å². The molecule has 4 heteroatoms. The van der Waals surface area contributed by atoms with Crippen LogP contribution in [-0.2, 0) is 23.0 Å². The Balaban J connectivity index is 1.63. The Labute approximate surface area is 186 Å². The minimum atomic E-state index is 0.932. The van der Waals surface area contributed by atoms with E-state index in [1.165, 1.54) is 43.8 Å². The summed E-state index contributed by atoms with van der Waals surface area (Å²) in [5.74, 6) is 5.83. The predicted molar refractivity (Wildman–Crippen MR) is 131 cm³/mol. The summed E-state index contributed by atoms with van der Waals surface area (Å²) in [6.45, 7) is 0. The highest BCUT2D eigenvalue weighted by Gasteiger charge is 2.17. The summed E-state index contributed by atoms with van der Waals surface area (Å²) >= 11 is 3.90. The van der Waals surface area contributed by atoms with Crippen LogP contribution in [0.5, 0.6) is 11.5 Å². The van der Waals surface area contributed by atoms with Crippen molar-refractivity contribution in [3.05, 3.63) is 82.9 Å². The predicted octanol–water partition coefficient (Wildman–Crippen LogP) is 7.19. The van der Waals surface area contributed by atoms with E-state index in [-0.39, 0.29) is 0 Å². The van der Waals surface area contributed by atoms with Crippen molar-refractivity contribution in [1.82, 2.24) is 0 Å². The minimum Gasteiger partial charge on any atom is -0.496 e. The number of fused-ring (bicyclic) bond motifs is 8. The Morgan fingerprint density at radius 1 is 0.533 bits per heavy atom. The van der Waals surface area contributed by atoms with Gasteiger partial charge in [-0.05, 0) is 34.0 Å². The van der Waals surface area contributed by atoms with E-state index in [0.29, 0.717) is 0 Å². The third-order valence-electron chi connectivity index (χ3n) is 5.75. The second kappa shape index (κ2) is 8.44. The summed E-state index contributed by atoms with van der Waals surface area (Å²) < 4.78 is 11.7. The molecule has 152 valence electrons. The molecule has 0 saturated carbocycles. The maximum atomic E-state index is 5.87. The van der Waals surface area contributed by atoms with Gasteiger partial charge in [-0.1, -0.05) is 48.5 Å². The van der Waals surface area contributed by atoms with E-state index in [1.54, 1.807) is 14.2 Å². The van der Waals surface area contributed by atoms with E-state index in [0.717, 1.165) is 34.5 Å². The molecule has 0 aromatic heterocycles. The summed E-state index contributed by atoms with van der Waals surface area (Å²) in [4.78, 5) is 0. The number of hydrogen-bond donors (Lipinski definition) is 0. The smallest absolute Gasteiger partial charge is 0.130 e. The average Bonchev–Trinajstić information content (AvgIpc) is 2.78. The molecule has 4 aromatic rings. The maximum Gasteiger partial charge on any atom is 0.130 e. The standard InChI is InChI=1S/C26H24O2S2/c1-27-25-19-11-17(21-7-3-5-9-23(21)25)13-30-16-20-12-18(14-29-15-19)22-8-4-6-10-24(22)26(20)28-2/h3-12H,13-16H2,1-2H3. The van der Waals surface area contributed by atoms with Gasteiger partial charge in [-0.25, -0.2) is 0 Å². The molecule has 0 amide bonds.